The quantitative estimate of drug-likeness (QED) is 0.128. The van der Waals surface area contributed by atoms with Crippen LogP contribution in [0.15, 0.2) is 44.9 Å². The highest BCUT2D eigenvalue weighted by Crippen LogP contribution is 2.44. The number of fused-ring (bicyclic) bond motifs is 1. The lowest BCUT2D eigenvalue weighted by molar-refractivity contribution is -0.140. The van der Waals surface area contributed by atoms with E-state index in [4.69, 9.17) is 44.8 Å². The Bertz CT molecular complexity index is 1900. The van der Waals surface area contributed by atoms with Gasteiger partial charge < -0.3 is 19.7 Å². The summed E-state index contributed by atoms with van der Waals surface area (Å²) in [7, 11) is 3.37. The summed E-state index contributed by atoms with van der Waals surface area (Å²) in [5, 5.41) is 14.7. The molecule has 0 spiro atoms. The van der Waals surface area contributed by atoms with Crippen molar-refractivity contribution in [2.45, 2.75) is 53.4 Å². The van der Waals surface area contributed by atoms with E-state index < -0.39 is 35.4 Å². The minimum absolute atomic E-state index is 0.0632. The molecule has 0 bridgehead atoms. The van der Waals surface area contributed by atoms with Crippen molar-refractivity contribution < 1.29 is 41.4 Å². The number of nitriles is 1. The molecule has 2 N–H and O–H groups in total. The van der Waals surface area contributed by atoms with Crippen LogP contribution in [0.3, 0.4) is 0 Å². The Hall–Kier alpha value is -3.59. The highest BCUT2D eigenvalue weighted by atomic mass is 35.5. The Morgan fingerprint density at radius 3 is 2.45 bits per heavy atom. The Morgan fingerprint density at radius 1 is 1.16 bits per heavy atom. The molecule has 2 aromatic carbocycles. The number of anilines is 1. The van der Waals surface area contributed by atoms with Gasteiger partial charge in [-0.1, -0.05) is 41.0 Å². The monoisotopic (exact) mass is 795 g/mol. The zero-order valence-corrected chi connectivity index (χ0v) is 29.9. The van der Waals surface area contributed by atoms with Crippen LogP contribution in [-0.2, 0) is 18.5 Å². The molecule has 5 rings (SSSR count). The first kappa shape index (κ1) is 40.2. The molecule has 1 fully saturated rings. The van der Waals surface area contributed by atoms with Gasteiger partial charge in [-0.2, -0.15) is 27.2 Å². The molecule has 2 amide bonds. The molecule has 1 aromatic heterocycles. The number of H-pyrrole nitrogens is 1. The number of alkyl halides is 6. The van der Waals surface area contributed by atoms with Crippen LogP contribution in [0.25, 0.3) is 0 Å². The molecule has 1 atom stereocenters. The van der Waals surface area contributed by atoms with Gasteiger partial charge >= 0.3 is 17.6 Å². The van der Waals surface area contributed by atoms with Crippen molar-refractivity contribution in [2.75, 3.05) is 38.7 Å². The average Bonchev–Trinajstić information content (AvgIpc) is 3.36. The minimum atomic E-state index is -4.44. The molecule has 2 aliphatic rings. The van der Waals surface area contributed by atoms with Gasteiger partial charge in [0.1, 0.15) is 18.0 Å². The van der Waals surface area contributed by atoms with E-state index in [2.05, 4.69) is 6.07 Å². The SMILES string of the molecule is COc1cc2c(cc1N1CCCN(CC(F)(F)F)C1=O)CN(C)C2CC#N.O=Cc1c(Sc2c(Cl)ccc(CO)c2Cl)cc(C(F)(F)Cl)[nH]c1=O. The Labute approximate surface area is 307 Å². The molecule has 10 nitrogen and oxygen atoms in total. The summed E-state index contributed by atoms with van der Waals surface area (Å²) in [6.45, 7) is -0.616. The van der Waals surface area contributed by atoms with Crippen molar-refractivity contribution in [3.8, 4) is 11.8 Å². The van der Waals surface area contributed by atoms with Crippen LogP contribution in [0, 0.1) is 11.3 Å². The molecule has 274 valence electrons. The van der Waals surface area contributed by atoms with Crippen molar-refractivity contribution in [2.24, 2.45) is 0 Å². The number of pyridine rings is 1. The maximum atomic E-state index is 13.3. The lowest BCUT2D eigenvalue weighted by Crippen LogP contribution is -2.52. The van der Waals surface area contributed by atoms with Gasteiger partial charge in [-0.25, -0.2) is 4.79 Å². The van der Waals surface area contributed by atoms with Crippen LogP contribution in [0.1, 0.15) is 51.6 Å². The minimum Gasteiger partial charge on any atom is -0.495 e. The highest BCUT2D eigenvalue weighted by molar-refractivity contribution is 7.99. The fourth-order valence-corrected chi connectivity index (χ4v) is 7.38. The second-order valence-electron chi connectivity index (χ2n) is 11.4. The maximum absolute atomic E-state index is 13.3. The molecule has 2 aliphatic heterocycles. The average molecular weight is 797 g/mol. The third-order valence-electron chi connectivity index (χ3n) is 7.98. The summed E-state index contributed by atoms with van der Waals surface area (Å²) in [5.74, 6) is 0.425. The molecule has 1 unspecified atom stereocenters. The molecule has 3 heterocycles. The number of nitrogens with one attached hydrogen (secondary N) is 1. The van der Waals surface area contributed by atoms with Crippen molar-refractivity contribution in [1.82, 2.24) is 14.8 Å². The lowest BCUT2D eigenvalue weighted by Gasteiger charge is -2.36. The number of aromatic nitrogens is 1. The normalized spacial score (nSPS) is 16.4. The van der Waals surface area contributed by atoms with Crippen molar-refractivity contribution in [3.63, 3.8) is 0 Å². The first-order chi connectivity index (χ1) is 23.9. The third kappa shape index (κ3) is 9.26. The summed E-state index contributed by atoms with van der Waals surface area (Å²) in [4.78, 5) is 41.8. The molecule has 0 saturated carbocycles. The Morgan fingerprint density at radius 2 is 1.86 bits per heavy atom. The number of amides is 2. The van der Waals surface area contributed by atoms with Gasteiger partial charge in [0.2, 0.25) is 0 Å². The Kier molecular flexibility index (Phi) is 12.9. The largest absolute Gasteiger partial charge is 0.495 e. The fraction of sp³-hybridized carbons (Fsp3) is 0.375. The van der Waals surface area contributed by atoms with Crippen LogP contribution < -0.4 is 15.2 Å². The molecule has 1 saturated heterocycles. The van der Waals surface area contributed by atoms with E-state index in [0.717, 1.165) is 33.9 Å². The van der Waals surface area contributed by atoms with Gasteiger partial charge in [-0.3, -0.25) is 19.4 Å². The van der Waals surface area contributed by atoms with E-state index in [1.807, 2.05) is 16.9 Å². The van der Waals surface area contributed by atoms with Crippen molar-refractivity contribution in [3.05, 3.63) is 78.7 Å². The number of benzene rings is 2. The second-order valence-corrected chi connectivity index (χ2v) is 13.7. The van der Waals surface area contributed by atoms with E-state index >= 15 is 0 Å². The van der Waals surface area contributed by atoms with Crippen molar-refractivity contribution >= 4 is 64.6 Å². The van der Waals surface area contributed by atoms with Gasteiger partial charge in [0, 0.05) is 35.5 Å². The van der Waals surface area contributed by atoms with Gasteiger partial charge in [0.25, 0.3) is 5.56 Å². The van der Waals surface area contributed by atoms with Gasteiger partial charge in [-0.05, 0) is 66.0 Å². The molecule has 0 radical (unpaired) electrons. The van der Waals surface area contributed by atoms with Crippen LogP contribution in [0.2, 0.25) is 10.0 Å². The van der Waals surface area contributed by atoms with Gasteiger partial charge in [0.05, 0.1) is 47.5 Å². The van der Waals surface area contributed by atoms with E-state index in [1.54, 1.807) is 12.1 Å². The number of urea groups is 1. The number of carbonyl (C=O) groups is 2. The number of aliphatic hydroxyl groups is 1. The predicted molar refractivity (Wildman–Crippen MR) is 181 cm³/mol. The molecule has 19 heteroatoms. The summed E-state index contributed by atoms with van der Waals surface area (Å²) < 4.78 is 70.3. The number of aldehydes is 1. The highest BCUT2D eigenvalue weighted by Gasteiger charge is 2.38. The molecular weight excluding hydrogens is 768 g/mol. The van der Waals surface area contributed by atoms with E-state index in [-0.39, 0.29) is 50.9 Å². The number of methoxy groups -OCH3 is 1. The number of hydrogen-bond donors (Lipinski definition) is 2. The zero-order valence-electron chi connectivity index (χ0n) is 26.8. The number of rotatable bonds is 9. The number of carbonyl (C=O) groups excluding carboxylic acids is 2. The van der Waals surface area contributed by atoms with E-state index in [0.29, 0.717) is 42.9 Å². The first-order valence-corrected chi connectivity index (χ1v) is 16.9. The predicted octanol–water partition coefficient (Wildman–Crippen LogP) is 7.72. The van der Waals surface area contributed by atoms with Crippen LogP contribution in [-0.4, -0.2) is 72.2 Å². The molecular formula is C32H29Cl3F5N5O5S. The van der Waals surface area contributed by atoms with Crippen LogP contribution in [0.5, 0.6) is 5.75 Å². The number of halogens is 8. The zero-order chi connectivity index (χ0) is 37.8. The van der Waals surface area contributed by atoms with Crippen LogP contribution >= 0.6 is 46.6 Å². The maximum Gasteiger partial charge on any atom is 0.406 e. The van der Waals surface area contributed by atoms with E-state index in [9.17, 15) is 41.4 Å². The Balaban J connectivity index is 0.000000230. The van der Waals surface area contributed by atoms with Gasteiger partial charge in [-0.15, -0.1) is 0 Å². The van der Waals surface area contributed by atoms with Crippen molar-refractivity contribution in [1.29, 1.82) is 5.26 Å². The summed E-state index contributed by atoms with van der Waals surface area (Å²) >= 11 is 17.8. The van der Waals surface area contributed by atoms with Crippen LogP contribution in [0.4, 0.5) is 32.4 Å². The number of hydrogen-bond acceptors (Lipinski definition) is 8. The standard InChI is InChI=1S/C18H21F3N4O2.C14H8Cl3F2NO3S/c1-23-10-12-8-15(16(27-2)9-13(12)14(23)4-5-22)25-7-3-6-24(17(25)26)11-18(19,20)21;15-8-2-1-6(4-21)11(16)12(8)24-9-3-10(14(17,18)19)20-13(23)7(9)5-22/h8-9,14H,3-4,6-7,10-11H2,1-2H3;1-3,5,21H,4H2,(H,20,23). The summed E-state index contributed by atoms with van der Waals surface area (Å²) in [5.41, 5.74) is 0.476. The number of aromatic amines is 1. The van der Waals surface area contributed by atoms with Gasteiger partial charge in [0.15, 0.2) is 6.29 Å². The third-order valence-corrected chi connectivity index (χ3v) is 10.3. The first-order valence-electron chi connectivity index (χ1n) is 14.9. The smallest absolute Gasteiger partial charge is 0.406 e. The number of nitrogens with zero attached hydrogens (tertiary/aromatic N) is 4. The van der Waals surface area contributed by atoms with E-state index in [1.165, 1.54) is 24.1 Å². The fourth-order valence-electron chi connectivity index (χ4n) is 5.58. The molecule has 51 heavy (non-hydrogen) atoms. The number of ether oxygens (including phenoxy) is 1. The topological polar surface area (TPSA) is 130 Å². The summed E-state index contributed by atoms with van der Waals surface area (Å²) in [6.07, 6.45) is -3.43. The lowest BCUT2D eigenvalue weighted by atomic mass is 10.0. The second kappa shape index (κ2) is 16.4. The summed E-state index contributed by atoms with van der Waals surface area (Å²) in [6, 6.07) is 8.86. The number of aliphatic hydroxyl groups excluding tert-OH is 1. The molecule has 3 aromatic rings. The molecule has 0 aliphatic carbocycles.